The topological polar surface area (TPSA) is 12.4 Å². The minimum Gasteiger partial charge on any atom is -0.290 e. The van der Waals surface area contributed by atoms with Gasteiger partial charge in [-0.25, -0.2) is 0 Å². The lowest BCUT2D eigenvalue weighted by atomic mass is 9.85. The van der Waals surface area contributed by atoms with E-state index >= 15 is 0 Å². The largest absolute Gasteiger partial charge is 0.290 e. The molecule has 40 heavy (non-hydrogen) atoms. The monoisotopic (exact) mass is 548 g/mol. The van der Waals surface area contributed by atoms with E-state index in [1.807, 2.05) is 0 Å². The zero-order valence-corrected chi connectivity index (χ0v) is 27.2. The Labute approximate surface area is 250 Å². The number of rotatable bonds is 20. The van der Waals surface area contributed by atoms with Gasteiger partial charge in [-0.15, -0.1) is 6.58 Å². The number of unbranched alkanes of at least 4 members (excludes halogenated alkanes) is 2. The maximum atomic E-state index is 5.00. The third-order valence-corrected chi connectivity index (χ3v) is 9.69. The van der Waals surface area contributed by atoms with Gasteiger partial charge in [0, 0.05) is 12.3 Å². The highest BCUT2D eigenvalue weighted by Gasteiger charge is 2.21. The van der Waals surface area contributed by atoms with Crippen LogP contribution in [0.4, 0.5) is 0 Å². The summed E-state index contributed by atoms with van der Waals surface area (Å²) in [5.41, 5.74) is 5.91. The van der Waals surface area contributed by atoms with Crippen LogP contribution in [0.2, 0.25) is 0 Å². The molecule has 1 heteroatoms. The predicted octanol–water partition coefficient (Wildman–Crippen LogP) is 12.6. The average Bonchev–Trinajstić information content (AvgIpc) is 3.48. The molecular weight excluding hydrogens is 482 g/mol. The van der Waals surface area contributed by atoms with Crippen molar-refractivity contribution in [2.75, 3.05) is 6.54 Å². The molecule has 0 aromatic carbocycles. The van der Waals surface area contributed by atoms with Crippen LogP contribution in [0, 0.1) is 23.7 Å². The Morgan fingerprint density at radius 1 is 0.975 bits per heavy atom. The number of hydrogen-bond donors (Lipinski definition) is 0. The number of nitrogens with zero attached hydrogens (tertiary/aromatic N) is 1. The lowest BCUT2D eigenvalue weighted by Gasteiger charge is -2.20. The van der Waals surface area contributed by atoms with Gasteiger partial charge in [0.1, 0.15) is 0 Å². The molecule has 0 amide bonds. The first-order valence-corrected chi connectivity index (χ1v) is 17.3. The second kappa shape index (κ2) is 21.1. The predicted molar refractivity (Wildman–Crippen MR) is 181 cm³/mol. The van der Waals surface area contributed by atoms with Gasteiger partial charge in [0.2, 0.25) is 0 Å². The summed E-state index contributed by atoms with van der Waals surface area (Å²) in [6.07, 6.45) is 36.5. The van der Waals surface area contributed by atoms with Gasteiger partial charge in [-0.3, -0.25) is 4.99 Å². The highest BCUT2D eigenvalue weighted by Crippen LogP contribution is 2.35. The SMILES string of the molecule is C=CC(/C=C\C(C)=NCC(CCC)CCCCCC1=CC=C(CC)CCCC1)CCC(=C)CC(C)C1CCCC1. The summed E-state index contributed by atoms with van der Waals surface area (Å²) in [5.74, 6) is 2.87. The Kier molecular flexibility index (Phi) is 18.3. The van der Waals surface area contributed by atoms with Gasteiger partial charge in [0.15, 0.2) is 0 Å². The van der Waals surface area contributed by atoms with Crippen LogP contribution in [0.5, 0.6) is 0 Å². The van der Waals surface area contributed by atoms with Crippen LogP contribution in [0.1, 0.15) is 150 Å². The van der Waals surface area contributed by atoms with Crippen molar-refractivity contribution in [1.29, 1.82) is 0 Å². The van der Waals surface area contributed by atoms with Crippen LogP contribution >= 0.6 is 0 Å². The highest BCUT2D eigenvalue weighted by atomic mass is 14.7. The third-order valence-electron chi connectivity index (χ3n) is 9.69. The molecule has 1 fully saturated rings. The van der Waals surface area contributed by atoms with E-state index in [1.54, 1.807) is 11.1 Å². The molecule has 1 nitrogen and oxygen atoms in total. The quantitative estimate of drug-likeness (QED) is 0.0816. The smallest absolute Gasteiger partial charge is 0.0420 e. The summed E-state index contributed by atoms with van der Waals surface area (Å²) >= 11 is 0. The van der Waals surface area contributed by atoms with Gasteiger partial charge in [0.05, 0.1) is 0 Å². The Morgan fingerprint density at radius 2 is 1.70 bits per heavy atom. The first-order valence-electron chi connectivity index (χ1n) is 17.3. The molecule has 0 saturated heterocycles. The molecule has 3 atom stereocenters. The van der Waals surface area contributed by atoms with Gasteiger partial charge in [-0.1, -0.05) is 113 Å². The molecule has 2 aliphatic carbocycles. The summed E-state index contributed by atoms with van der Waals surface area (Å²) in [5, 5.41) is 0. The molecule has 2 aliphatic rings. The minimum atomic E-state index is 0.409. The molecule has 0 spiro atoms. The van der Waals surface area contributed by atoms with Crippen molar-refractivity contribution in [2.45, 2.75) is 150 Å². The van der Waals surface area contributed by atoms with Crippen LogP contribution in [0.25, 0.3) is 0 Å². The van der Waals surface area contributed by atoms with E-state index in [9.17, 15) is 0 Å². The highest BCUT2D eigenvalue weighted by molar-refractivity contribution is 5.92. The van der Waals surface area contributed by atoms with Crippen LogP contribution in [-0.4, -0.2) is 12.3 Å². The van der Waals surface area contributed by atoms with E-state index in [0.29, 0.717) is 5.92 Å². The molecule has 1 saturated carbocycles. The Hall–Kier alpha value is -1.63. The van der Waals surface area contributed by atoms with Crippen LogP contribution in [0.3, 0.4) is 0 Å². The van der Waals surface area contributed by atoms with E-state index in [4.69, 9.17) is 4.99 Å². The first kappa shape index (κ1) is 34.6. The average molecular weight is 548 g/mol. The fraction of sp³-hybridized carbons (Fsp3) is 0.718. The fourth-order valence-corrected chi connectivity index (χ4v) is 6.81. The van der Waals surface area contributed by atoms with Gasteiger partial charge < -0.3 is 0 Å². The molecule has 3 unspecified atom stereocenters. The summed E-state index contributed by atoms with van der Waals surface area (Å²) in [4.78, 5) is 5.00. The van der Waals surface area contributed by atoms with Crippen molar-refractivity contribution < 1.29 is 0 Å². The minimum absolute atomic E-state index is 0.409. The molecule has 0 aromatic rings. The molecule has 0 bridgehead atoms. The second-order valence-electron chi connectivity index (χ2n) is 13.2. The Balaban J connectivity index is 1.69. The first-order chi connectivity index (χ1) is 19.4. The van der Waals surface area contributed by atoms with Gasteiger partial charge in [0.25, 0.3) is 0 Å². The molecule has 226 valence electrons. The normalized spacial score (nSPS) is 19.6. The molecular formula is C39H65N. The van der Waals surface area contributed by atoms with Crippen LogP contribution < -0.4 is 0 Å². The second-order valence-corrected chi connectivity index (χ2v) is 13.2. The van der Waals surface area contributed by atoms with E-state index in [2.05, 4.69) is 71.2 Å². The van der Waals surface area contributed by atoms with E-state index in [0.717, 1.165) is 42.9 Å². The maximum absolute atomic E-state index is 5.00. The molecule has 0 N–H and O–H groups in total. The zero-order chi connectivity index (χ0) is 29.0. The van der Waals surface area contributed by atoms with Gasteiger partial charge >= 0.3 is 0 Å². The summed E-state index contributed by atoms with van der Waals surface area (Å²) in [6, 6.07) is 0. The van der Waals surface area contributed by atoms with E-state index < -0.39 is 0 Å². The van der Waals surface area contributed by atoms with Crippen molar-refractivity contribution in [3.05, 3.63) is 60.3 Å². The van der Waals surface area contributed by atoms with E-state index in [-0.39, 0.29) is 0 Å². The molecule has 0 aliphatic heterocycles. The van der Waals surface area contributed by atoms with Crippen molar-refractivity contribution in [1.82, 2.24) is 0 Å². The third kappa shape index (κ3) is 14.8. The number of aliphatic imine (C=N–C) groups is 1. The lowest BCUT2D eigenvalue weighted by molar-refractivity contribution is 0.360. The molecule has 0 aromatic heterocycles. The summed E-state index contributed by atoms with van der Waals surface area (Å²) in [6.45, 7) is 18.7. The lowest BCUT2D eigenvalue weighted by Crippen LogP contribution is -2.08. The zero-order valence-electron chi connectivity index (χ0n) is 27.2. The van der Waals surface area contributed by atoms with Crippen molar-refractivity contribution >= 4 is 5.71 Å². The van der Waals surface area contributed by atoms with Crippen LogP contribution in [-0.2, 0) is 0 Å². The standard InChI is InChI=1S/C39H65N/c1-7-17-38(21-12-10-11-19-37-20-14-13-18-35(8-2)28-29-37)31-40-34(6)25-27-36(9-3)26-24-32(4)30-33(5)39-22-15-16-23-39/h9,25,27-29,33,36,38-39H,3-4,7-8,10-24,26,30-31H2,1-2,5-6H3/b27-25-,35-28?,37-29?,40-34?. The number of hydrogen-bond acceptors (Lipinski definition) is 1. The van der Waals surface area contributed by atoms with Gasteiger partial charge in [-0.2, -0.15) is 0 Å². The maximum Gasteiger partial charge on any atom is 0.0420 e. The molecule has 0 heterocycles. The Morgan fingerprint density at radius 3 is 2.40 bits per heavy atom. The molecule has 0 radical (unpaired) electrons. The summed E-state index contributed by atoms with van der Waals surface area (Å²) in [7, 11) is 0. The van der Waals surface area contributed by atoms with E-state index in [1.165, 1.54) is 115 Å². The van der Waals surface area contributed by atoms with Crippen LogP contribution in [0.15, 0.2) is 65.2 Å². The number of allylic oxidation sites excluding steroid dienone is 8. The van der Waals surface area contributed by atoms with Crippen molar-refractivity contribution in [3.63, 3.8) is 0 Å². The Bertz CT molecular complexity index is 831. The fourth-order valence-electron chi connectivity index (χ4n) is 6.81. The van der Waals surface area contributed by atoms with Crippen molar-refractivity contribution in [2.24, 2.45) is 28.7 Å². The molecule has 2 rings (SSSR count). The summed E-state index contributed by atoms with van der Waals surface area (Å²) < 4.78 is 0. The van der Waals surface area contributed by atoms with Crippen molar-refractivity contribution in [3.8, 4) is 0 Å². The van der Waals surface area contributed by atoms with Gasteiger partial charge in [-0.05, 0) is 114 Å².